The Hall–Kier alpha value is -3.75. The lowest BCUT2D eigenvalue weighted by molar-refractivity contribution is -0.384. The van der Waals surface area contributed by atoms with E-state index in [4.69, 9.17) is 10.00 Å². The van der Waals surface area contributed by atoms with E-state index < -0.39 is 22.8 Å². The summed E-state index contributed by atoms with van der Waals surface area (Å²) in [6, 6.07) is 7.91. The van der Waals surface area contributed by atoms with E-state index in [1.54, 1.807) is 31.9 Å². The number of benzene rings is 1. The normalized spacial score (nSPS) is 19.2. The molecule has 2 aliphatic rings. The van der Waals surface area contributed by atoms with Crippen molar-refractivity contribution < 1.29 is 24.4 Å². The average molecular weight is 540 g/mol. The molecule has 1 unspecified atom stereocenters. The van der Waals surface area contributed by atoms with Crippen molar-refractivity contribution in [3.8, 4) is 6.07 Å². The second-order valence-electron chi connectivity index (χ2n) is 10.9. The quantitative estimate of drug-likeness (QED) is 0.267. The standard InChI is InChI=1S/C28H37N5O6/c1-19-23(26(34)35)25(21-8-6-9-22(16-21)33(37)38)24(20(2)30(19)5)27(36)39-18-28(3,4)17-32-14-12-31(13-15-32)11-7-10-29/h6,8-9,16,25H,7,11-15,17-18H2,1-5H3,(H,34,35). The van der Waals surface area contributed by atoms with Crippen molar-refractivity contribution in [2.45, 2.75) is 40.0 Å². The molecular weight excluding hydrogens is 502 g/mol. The fourth-order valence-electron chi connectivity index (χ4n) is 5.24. The summed E-state index contributed by atoms with van der Waals surface area (Å²) < 4.78 is 5.83. The molecule has 0 aliphatic carbocycles. The molecule has 1 N–H and O–H groups in total. The second kappa shape index (κ2) is 12.4. The summed E-state index contributed by atoms with van der Waals surface area (Å²) >= 11 is 0. The van der Waals surface area contributed by atoms with Crippen LogP contribution in [-0.4, -0.2) is 89.6 Å². The first kappa shape index (κ1) is 29.8. The van der Waals surface area contributed by atoms with Crippen molar-refractivity contribution in [2.75, 3.05) is 52.9 Å². The highest BCUT2D eigenvalue weighted by molar-refractivity contribution is 5.99. The number of piperazine rings is 1. The first-order chi connectivity index (χ1) is 18.4. The lowest BCUT2D eigenvalue weighted by atomic mass is 9.79. The van der Waals surface area contributed by atoms with Crippen molar-refractivity contribution >= 4 is 17.6 Å². The number of rotatable bonds is 10. The van der Waals surface area contributed by atoms with Crippen LogP contribution in [0.1, 0.15) is 45.6 Å². The number of hydrogen-bond donors (Lipinski definition) is 1. The molecule has 0 saturated carbocycles. The molecule has 1 saturated heterocycles. The molecule has 210 valence electrons. The van der Waals surface area contributed by atoms with Crippen LogP contribution in [0.15, 0.2) is 46.8 Å². The molecular formula is C28H37N5O6. The molecule has 0 bridgehead atoms. The second-order valence-corrected chi connectivity index (χ2v) is 10.9. The molecule has 2 heterocycles. The maximum absolute atomic E-state index is 13.6. The minimum Gasteiger partial charge on any atom is -0.478 e. The van der Waals surface area contributed by atoms with Gasteiger partial charge in [-0.15, -0.1) is 0 Å². The minimum atomic E-state index is -1.21. The monoisotopic (exact) mass is 539 g/mol. The van der Waals surface area contributed by atoms with E-state index in [1.807, 2.05) is 13.8 Å². The molecule has 11 heteroatoms. The van der Waals surface area contributed by atoms with Crippen LogP contribution in [0.3, 0.4) is 0 Å². The molecule has 0 radical (unpaired) electrons. The zero-order valence-electron chi connectivity index (χ0n) is 23.3. The number of nitro groups is 1. The van der Waals surface area contributed by atoms with Crippen molar-refractivity contribution in [1.82, 2.24) is 14.7 Å². The van der Waals surface area contributed by atoms with E-state index in [0.29, 0.717) is 29.9 Å². The van der Waals surface area contributed by atoms with Gasteiger partial charge in [0.25, 0.3) is 5.69 Å². The Labute approximate surface area is 229 Å². The number of ether oxygens (including phenoxy) is 1. The van der Waals surface area contributed by atoms with E-state index in [9.17, 15) is 24.8 Å². The number of carbonyl (C=O) groups is 2. The van der Waals surface area contributed by atoms with E-state index >= 15 is 0 Å². The van der Waals surface area contributed by atoms with Gasteiger partial charge in [-0.2, -0.15) is 5.26 Å². The summed E-state index contributed by atoms with van der Waals surface area (Å²) in [5.74, 6) is -2.87. The van der Waals surface area contributed by atoms with Crippen LogP contribution in [0.2, 0.25) is 0 Å². The van der Waals surface area contributed by atoms with Crippen LogP contribution in [0.4, 0.5) is 5.69 Å². The van der Waals surface area contributed by atoms with Gasteiger partial charge in [-0.3, -0.25) is 15.0 Å². The van der Waals surface area contributed by atoms with Gasteiger partial charge in [0, 0.05) is 81.7 Å². The van der Waals surface area contributed by atoms with Gasteiger partial charge in [0.1, 0.15) is 0 Å². The van der Waals surface area contributed by atoms with Crippen molar-refractivity contribution in [2.24, 2.45) is 5.41 Å². The maximum atomic E-state index is 13.6. The maximum Gasteiger partial charge on any atom is 0.336 e. The third kappa shape index (κ3) is 7.02. The molecule has 39 heavy (non-hydrogen) atoms. The zero-order valence-corrected chi connectivity index (χ0v) is 23.3. The number of carboxylic acids is 1. The minimum absolute atomic E-state index is 0.0240. The van der Waals surface area contributed by atoms with E-state index in [2.05, 4.69) is 15.9 Å². The van der Waals surface area contributed by atoms with E-state index in [1.165, 1.54) is 18.2 Å². The number of aliphatic carboxylic acids is 1. The highest BCUT2D eigenvalue weighted by Crippen LogP contribution is 2.42. The van der Waals surface area contributed by atoms with Crippen LogP contribution in [0.5, 0.6) is 0 Å². The molecule has 0 amide bonds. The van der Waals surface area contributed by atoms with Crippen molar-refractivity contribution in [3.05, 3.63) is 62.5 Å². The van der Waals surface area contributed by atoms with Gasteiger partial charge in [-0.05, 0) is 19.4 Å². The fourth-order valence-corrected chi connectivity index (χ4v) is 5.24. The van der Waals surface area contributed by atoms with Crippen molar-refractivity contribution in [3.63, 3.8) is 0 Å². The topological polar surface area (TPSA) is 140 Å². The summed E-state index contributed by atoms with van der Waals surface area (Å²) in [7, 11) is 1.69. The lowest BCUT2D eigenvalue weighted by Gasteiger charge is -2.39. The zero-order chi connectivity index (χ0) is 28.9. The molecule has 1 fully saturated rings. The van der Waals surface area contributed by atoms with Crippen LogP contribution in [0.25, 0.3) is 0 Å². The average Bonchev–Trinajstić information content (AvgIpc) is 2.89. The third-order valence-corrected chi connectivity index (χ3v) is 7.48. The molecule has 0 aromatic heterocycles. The molecule has 1 aromatic carbocycles. The highest BCUT2D eigenvalue weighted by atomic mass is 16.6. The van der Waals surface area contributed by atoms with Crippen LogP contribution >= 0.6 is 0 Å². The number of carbonyl (C=O) groups excluding carboxylic acids is 1. The Kier molecular flexibility index (Phi) is 9.48. The van der Waals surface area contributed by atoms with Crippen LogP contribution in [-0.2, 0) is 14.3 Å². The fraction of sp³-hybridized carbons (Fsp3) is 0.536. The van der Waals surface area contributed by atoms with Crippen LogP contribution < -0.4 is 0 Å². The van der Waals surface area contributed by atoms with Gasteiger partial charge >= 0.3 is 11.9 Å². The van der Waals surface area contributed by atoms with Gasteiger partial charge in [-0.1, -0.05) is 26.0 Å². The summed E-state index contributed by atoms with van der Waals surface area (Å²) in [5, 5.41) is 30.4. The van der Waals surface area contributed by atoms with Crippen LogP contribution in [0, 0.1) is 26.9 Å². The predicted octanol–water partition coefficient (Wildman–Crippen LogP) is 3.36. The van der Waals surface area contributed by atoms with Gasteiger partial charge in [-0.25, -0.2) is 9.59 Å². The van der Waals surface area contributed by atoms with Gasteiger partial charge in [0.2, 0.25) is 0 Å². The van der Waals surface area contributed by atoms with Gasteiger partial charge in [0.15, 0.2) is 0 Å². The largest absolute Gasteiger partial charge is 0.478 e. The number of esters is 1. The highest BCUT2D eigenvalue weighted by Gasteiger charge is 2.40. The Morgan fingerprint density at radius 2 is 1.77 bits per heavy atom. The number of allylic oxidation sites excluding steroid dienone is 2. The molecule has 1 aromatic rings. The summed E-state index contributed by atoms with van der Waals surface area (Å²) in [5.41, 5.74) is 0.892. The summed E-state index contributed by atoms with van der Waals surface area (Å²) in [4.78, 5) is 43.1. The molecule has 3 rings (SSSR count). The summed E-state index contributed by atoms with van der Waals surface area (Å²) in [6.45, 7) is 12.5. The summed E-state index contributed by atoms with van der Waals surface area (Å²) in [6.07, 6.45) is 0.515. The third-order valence-electron chi connectivity index (χ3n) is 7.48. The van der Waals surface area contributed by atoms with Gasteiger partial charge in [0.05, 0.1) is 34.7 Å². The Bertz CT molecular complexity index is 1220. The molecule has 2 aliphatic heterocycles. The molecule has 0 spiro atoms. The molecule has 11 nitrogen and oxygen atoms in total. The predicted molar refractivity (Wildman–Crippen MR) is 144 cm³/mol. The number of nitriles is 1. The Morgan fingerprint density at radius 1 is 1.15 bits per heavy atom. The smallest absolute Gasteiger partial charge is 0.336 e. The number of nitrogens with zero attached hydrogens (tertiary/aromatic N) is 5. The number of carboxylic acid groups (broad SMARTS) is 1. The number of non-ortho nitro benzene ring substituents is 1. The van der Waals surface area contributed by atoms with E-state index in [-0.39, 0.29) is 28.9 Å². The Balaban J connectivity index is 1.80. The Morgan fingerprint density at radius 3 is 2.36 bits per heavy atom. The molecule has 1 atom stereocenters. The number of hydrogen-bond acceptors (Lipinski definition) is 9. The lowest BCUT2D eigenvalue weighted by Crippen LogP contribution is -2.49. The van der Waals surface area contributed by atoms with Crippen molar-refractivity contribution in [1.29, 1.82) is 5.26 Å². The van der Waals surface area contributed by atoms with E-state index in [0.717, 1.165) is 32.7 Å². The first-order valence-electron chi connectivity index (χ1n) is 13.0. The SMILES string of the molecule is CC1=C(C(=O)O)C(c2cccc([N+](=O)[O-])c2)C(C(=O)OCC(C)(C)CN2CCN(CCC#N)CC2)=C(C)N1C. The van der Waals surface area contributed by atoms with Gasteiger partial charge < -0.3 is 19.6 Å². The number of nitro benzene ring substituents is 1. The first-order valence-corrected chi connectivity index (χ1v) is 13.0.